The van der Waals surface area contributed by atoms with Gasteiger partial charge in [0.15, 0.2) is 0 Å². The van der Waals surface area contributed by atoms with Crippen LogP contribution in [0.2, 0.25) is 0 Å². The van der Waals surface area contributed by atoms with Crippen LogP contribution in [0.15, 0.2) is 53.5 Å². The van der Waals surface area contributed by atoms with Crippen LogP contribution in [-0.2, 0) is 24.1 Å². The van der Waals surface area contributed by atoms with E-state index in [0.29, 0.717) is 5.56 Å². The number of hydrogen-bond donors (Lipinski definition) is 0. The lowest BCUT2D eigenvalue weighted by molar-refractivity contribution is -0.137. The third-order valence-corrected chi connectivity index (χ3v) is 4.41. The molecule has 2 aromatic rings. The van der Waals surface area contributed by atoms with Crippen LogP contribution in [-0.4, -0.2) is 21.4 Å². The molecule has 1 amide bonds. The molecule has 1 aromatic heterocycles. The maximum absolute atomic E-state index is 12.7. The summed E-state index contributed by atoms with van der Waals surface area (Å²) in [5.41, 5.74) is -0.204. The van der Waals surface area contributed by atoms with Crippen LogP contribution in [0.3, 0.4) is 0 Å². The molecule has 3 rings (SSSR count). The molecule has 1 saturated carbocycles. The molecule has 138 valence electrons. The summed E-state index contributed by atoms with van der Waals surface area (Å²) in [4.78, 5) is 26.0. The summed E-state index contributed by atoms with van der Waals surface area (Å²) >= 11 is 0. The number of carbonyl (C=O) groups is 1. The number of hydrogen-bond acceptors (Lipinski definition) is 2. The fourth-order valence-electron chi connectivity index (χ4n) is 2.81. The molecule has 4 nitrogen and oxygen atoms in total. The molecule has 1 heterocycles. The van der Waals surface area contributed by atoms with Crippen molar-refractivity contribution in [1.82, 2.24) is 9.47 Å². The van der Waals surface area contributed by atoms with Crippen molar-refractivity contribution >= 4 is 5.91 Å². The molecule has 1 fully saturated rings. The smallest absolute Gasteiger partial charge is 0.335 e. The van der Waals surface area contributed by atoms with Gasteiger partial charge in [-0.15, -0.1) is 0 Å². The molecule has 0 bridgehead atoms. The largest absolute Gasteiger partial charge is 0.416 e. The lowest BCUT2D eigenvalue weighted by atomic mass is 10.1. The van der Waals surface area contributed by atoms with Crippen molar-refractivity contribution in [3.05, 3.63) is 70.1 Å². The van der Waals surface area contributed by atoms with Crippen molar-refractivity contribution in [2.24, 2.45) is 0 Å². The highest BCUT2D eigenvalue weighted by atomic mass is 19.4. The normalized spacial score (nSPS) is 14.3. The molecule has 0 saturated heterocycles. The quantitative estimate of drug-likeness (QED) is 0.788. The van der Waals surface area contributed by atoms with Crippen molar-refractivity contribution in [2.75, 3.05) is 0 Å². The predicted molar refractivity (Wildman–Crippen MR) is 90.3 cm³/mol. The number of pyridine rings is 1. The van der Waals surface area contributed by atoms with Crippen LogP contribution in [0, 0.1) is 0 Å². The van der Waals surface area contributed by atoms with Crippen LogP contribution >= 0.6 is 0 Å². The highest BCUT2D eigenvalue weighted by Gasteiger charge is 2.33. The van der Waals surface area contributed by atoms with Gasteiger partial charge in [-0.3, -0.25) is 9.59 Å². The standard InChI is InChI=1S/C19H19F3N2O2/c20-19(21,22)15-6-4-14(5-7-15)13-24(16-8-9-16)18(26)10-12-23-11-2-1-3-17(23)25/h1-7,11,16H,8-10,12-13H2. The Balaban J connectivity index is 1.64. The van der Waals surface area contributed by atoms with Crippen molar-refractivity contribution in [3.63, 3.8) is 0 Å². The van der Waals surface area contributed by atoms with Gasteiger partial charge in [0.05, 0.1) is 5.56 Å². The summed E-state index contributed by atoms with van der Waals surface area (Å²) < 4.78 is 39.4. The van der Waals surface area contributed by atoms with Gasteiger partial charge in [0.1, 0.15) is 0 Å². The predicted octanol–water partition coefficient (Wildman–Crippen LogP) is 3.45. The second-order valence-corrected chi connectivity index (χ2v) is 6.43. The van der Waals surface area contributed by atoms with Gasteiger partial charge in [0.2, 0.25) is 5.91 Å². The first kappa shape index (κ1) is 18.2. The second kappa shape index (κ2) is 7.35. The Morgan fingerprint density at radius 1 is 1.12 bits per heavy atom. The number of alkyl halides is 3. The van der Waals surface area contributed by atoms with E-state index in [1.165, 1.54) is 22.8 Å². The molecule has 0 spiro atoms. The Morgan fingerprint density at radius 3 is 2.38 bits per heavy atom. The highest BCUT2D eigenvalue weighted by molar-refractivity contribution is 5.76. The van der Waals surface area contributed by atoms with Crippen LogP contribution in [0.1, 0.15) is 30.4 Å². The van der Waals surface area contributed by atoms with Gasteiger partial charge in [0, 0.05) is 37.8 Å². The number of aryl methyl sites for hydroxylation is 1. The molecule has 0 unspecified atom stereocenters. The monoisotopic (exact) mass is 364 g/mol. The first-order chi connectivity index (χ1) is 12.3. The van der Waals surface area contributed by atoms with Gasteiger partial charge < -0.3 is 9.47 Å². The summed E-state index contributed by atoms with van der Waals surface area (Å²) in [6.07, 6.45) is -0.753. The molecule has 1 aliphatic rings. The molecule has 0 atom stereocenters. The zero-order valence-electron chi connectivity index (χ0n) is 14.1. The lowest BCUT2D eigenvalue weighted by Gasteiger charge is -2.23. The maximum Gasteiger partial charge on any atom is 0.416 e. The minimum atomic E-state index is -4.37. The fourth-order valence-corrected chi connectivity index (χ4v) is 2.81. The molecular weight excluding hydrogens is 345 g/mol. The third-order valence-electron chi connectivity index (χ3n) is 4.41. The van der Waals surface area contributed by atoms with E-state index >= 15 is 0 Å². The number of rotatable bonds is 6. The number of carbonyl (C=O) groups excluding carboxylic acids is 1. The van der Waals surface area contributed by atoms with E-state index in [0.717, 1.165) is 25.0 Å². The molecule has 26 heavy (non-hydrogen) atoms. The summed E-state index contributed by atoms with van der Waals surface area (Å²) in [6.45, 7) is 0.570. The molecular formula is C19H19F3N2O2. The van der Waals surface area contributed by atoms with E-state index in [2.05, 4.69) is 0 Å². The summed E-state index contributed by atoms with van der Waals surface area (Å²) in [5.74, 6) is -0.0943. The minimum Gasteiger partial charge on any atom is -0.335 e. The number of nitrogens with zero attached hydrogens (tertiary/aromatic N) is 2. The van der Waals surface area contributed by atoms with Gasteiger partial charge in [0.25, 0.3) is 5.56 Å². The molecule has 0 radical (unpaired) electrons. The van der Waals surface area contributed by atoms with E-state index in [-0.39, 0.29) is 37.0 Å². The summed E-state index contributed by atoms with van der Waals surface area (Å²) in [6, 6.07) is 9.83. The third kappa shape index (κ3) is 4.53. The lowest BCUT2D eigenvalue weighted by Crippen LogP contribution is -2.34. The first-order valence-electron chi connectivity index (χ1n) is 8.45. The first-order valence-corrected chi connectivity index (χ1v) is 8.45. The molecule has 1 aromatic carbocycles. The average molecular weight is 364 g/mol. The Labute approximate surface area is 148 Å². The summed E-state index contributed by atoms with van der Waals surface area (Å²) in [7, 11) is 0. The van der Waals surface area contributed by atoms with Gasteiger partial charge in [-0.25, -0.2) is 0 Å². The molecule has 0 N–H and O–H groups in total. The fraction of sp³-hybridized carbons (Fsp3) is 0.368. The van der Waals surface area contributed by atoms with Crippen LogP contribution in [0.4, 0.5) is 13.2 Å². The van der Waals surface area contributed by atoms with Crippen molar-refractivity contribution in [1.29, 1.82) is 0 Å². The number of benzene rings is 1. The van der Waals surface area contributed by atoms with Gasteiger partial charge in [-0.05, 0) is 36.6 Å². The van der Waals surface area contributed by atoms with E-state index in [9.17, 15) is 22.8 Å². The van der Waals surface area contributed by atoms with Gasteiger partial charge >= 0.3 is 6.18 Å². The Kier molecular flexibility index (Phi) is 5.15. The van der Waals surface area contributed by atoms with Crippen LogP contribution in [0.5, 0.6) is 0 Å². The SMILES string of the molecule is O=C(CCn1ccccc1=O)N(Cc1ccc(C(F)(F)F)cc1)C1CC1. The van der Waals surface area contributed by atoms with E-state index in [4.69, 9.17) is 0 Å². The zero-order valence-corrected chi connectivity index (χ0v) is 14.1. The van der Waals surface area contributed by atoms with E-state index < -0.39 is 11.7 Å². The average Bonchev–Trinajstić information content (AvgIpc) is 3.43. The Bertz CT molecular complexity index is 824. The number of amides is 1. The molecule has 7 heteroatoms. The van der Waals surface area contributed by atoms with Crippen molar-refractivity contribution in [2.45, 2.75) is 44.6 Å². The zero-order chi connectivity index (χ0) is 18.7. The topological polar surface area (TPSA) is 42.3 Å². The van der Waals surface area contributed by atoms with Gasteiger partial charge in [-0.2, -0.15) is 13.2 Å². The molecule has 0 aliphatic heterocycles. The van der Waals surface area contributed by atoms with E-state index in [1.807, 2.05) is 0 Å². The number of halogens is 3. The van der Waals surface area contributed by atoms with Crippen molar-refractivity contribution in [3.8, 4) is 0 Å². The van der Waals surface area contributed by atoms with Crippen molar-refractivity contribution < 1.29 is 18.0 Å². The minimum absolute atomic E-state index is 0.0943. The Morgan fingerprint density at radius 2 is 1.81 bits per heavy atom. The number of aromatic nitrogens is 1. The Hall–Kier alpha value is -2.57. The molecule has 1 aliphatic carbocycles. The van der Waals surface area contributed by atoms with E-state index in [1.54, 1.807) is 23.2 Å². The van der Waals surface area contributed by atoms with Crippen LogP contribution < -0.4 is 5.56 Å². The van der Waals surface area contributed by atoms with Gasteiger partial charge in [-0.1, -0.05) is 18.2 Å². The summed E-state index contributed by atoms with van der Waals surface area (Å²) in [5, 5.41) is 0. The van der Waals surface area contributed by atoms with Crippen LogP contribution in [0.25, 0.3) is 0 Å². The highest BCUT2D eigenvalue weighted by Crippen LogP contribution is 2.31. The second-order valence-electron chi connectivity index (χ2n) is 6.43. The maximum atomic E-state index is 12.7.